The maximum absolute atomic E-state index is 12.7. The summed E-state index contributed by atoms with van der Waals surface area (Å²) in [6, 6.07) is 0. The van der Waals surface area contributed by atoms with Crippen LogP contribution in [0.4, 0.5) is 0 Å². The third kappa shape index (κ3) is 2.44. The van der Waals surface area contributed by atoms with Gasteiger partial charge in [0.2, 0.25) is 0 Å². The van der Waals surface area contributed by atoms with Crippen molar-refractivity contribution in [3.8, 4) is 0 Å². The van der Waals surface area contributed by atoms with Crippen LogP contribution in [-0.4, -0.2) is 33.9 Å². The molecular formula is C25H36O5. The van der Waals surface area contributed by atoms with E-state index in [2.05, 4.69) is 13.5 Å². The first kappa shape index (κ1) is 21.6. The Morgan fingerprint density at radius 1 is 1.17 bits per heavy atom. The molecule has 0 unspecified atom stereocenters. The lowest BCUT2D eigenvalue weighted by Crippen LogP contribution is -2.71. The minimum atomic E-state index is -1.06. The molecule has 0 aliphatic heterocycles. The van der Waals surface area contributed by atoms with Gasteiger partial charge in [0.15, 0.2) is 0 Å². The van der Waals surface area contributed by atoms with E-state index in [1.54, 1.807) is 13.0 Å². The van der Waals surface area contributed by atoms with E-state index in [0.717, 1.165) is 37.7 Å². The molecule has 7 atom stereocenters. The molecule has 0 saturated heterocycles. The molecule has 30 heavy (non-hydrogen) atoms. The van der Waals surface area contributed by atoms with Gasteiger partial charge in [-0.25, -0.2) is 4.79 Å². The lowest BCUT2D eigenvalue weighted by Gasteiger charge is -2.68. The lowest BCUT2D eigenvalue weighted by atomic mass is 9.38. The molecule has 5 nitrogen and oxygen atoms in total. The van der Waals surface area contributed by atoms with Crippen LogP contribution in [0.5, 0.6) is 0 Å². The summed E-state index contributed by atoms with van der Waals surface area (Å²) in [5.74, 6) is -0.942. The summed E-state index contributed by atoms with van der Waals surface area (Å²) < 4.78 is 6.06. The van der Waals surface area contributed by atoms with Crippen LogP contribution in [0.2, 0.25) is 0 Å². The van der Waals surface area contributed by atoms with Gasteiger partial charge in [-0.3, -0.25) is 4.79 Å². The summed E-state index contributed by atoms with van der Waals surface area (Å²) in [4.78, 5) is 25.0. The molecule has 4 fully saturated rings. The maximum Gasteiger partial charge on any atom is 0.333 e. The van der Waals surface area contributed by atoms with Gasteiger partial charge in [-0.1, -0.05) is 26.0 Å². The zero-order valence-corrected chi connectivity index (χ0v) is 18.8. The summed E-state index contributed by atoms with van der Waals surface area (Å²) in [5, 5.41) is 22.6. The first-order valence-corrected chi connectivity index (χ1v) is 11.5. The van der Waals surface area contributed by atoms with Crippen molar-refractivity contribution in [2.75, 3.05) is 0 Å². The molecule has 0 amide bonds. The van der Waals surface area contributed by atoms with E-state index in [-0.39, 0.29) is 17.8 Å². The minimum Gasteiger partial charge on any atom is -0.481 e. The van der Waals surface area contributed by atoms with E-state index in [4.69, 9.17) is 4.74 Å². The average Bonchev–Trinajstić information content (AvgIpc) is 2.92. The number of carboxylic acids is 1. The van der Waals surface area contributed by atoms with E-state index in [1.807, 2.05) is 13.8 Å². The number of carboxylic acid groups (broad SMARTS) is 1. The molecule has 0 heterocycles. The SMILES string of the molecule is C=C1[C@H]2CC[C@@]3(O)[C@](CC[C@@H]4[C@]3(C)CCC[C@]4(C)C(=O)O)(C2)[C@@H]1OC(=O)/C(C)=C/C. The number of aliphatic carboxylic acids is 1. The van der Waals surface area contributed by atoms with Crippen LogP contribution in [0.1, 0.15) is 79.1 Å². The van der Waals surface area contributed by atoms with Gasteiger partial charge in [0, 0.05) is 16.4 Å². The maximum atomic E-state index is 12.7. The van der Waals surface area contributed by atoms with Gasteiger partial charge >= 0.3 is 11.9 Å². The molecule has 4 aliphatic carbocycles. The fourth-order valence-electron chi connectivity index (χ4n) is 8.02. The van der Waals surface area contributed by atoms with Crippen molar-refractivity contribution >= 4 is 11.9 Å². The number of rotatable bonds is 3. The number of hydrogen-bond acceptors (Lipinski definition) is 4. The highest BCUT2D eigenvalue weighted by atomic mass is 16.5. The molecule has 4 rings (SSSR count). The number of ether oxygens (including phenoxy) is 1. The fraction of sp³-hybridized carbons (Fsp3) is 0.760. The highest BCUT2D eigenvalue weighted by Gasteiger charge is 2.75. The number of carbonyl (C=O) groups is 2. The van der Waals surface area contributed by atoms with Gasteiger partial charge < -0.3 is 14.9 Å². The van der Waals surface area contributed by atoms with Crippen molar-refractivity contribution in [1.29, 1.82) is 0 Å². The summed E-state index contributed by atoms with van der Waals surface area (Å²) in [5.41, 5.74) is -1.50. The van der Waals surface area contributed by atoms with Crippen LogP contribution in [-0.2, 0) is 14.3 Å². The number of fused-ring (bicyclic) bond motifs is 3. The average molecular weight is 417 g/mol. The van der Waals surface area contributed by atoms with Gasteiger partial charge in [0.05, 0.1) is 11.0 Å². The van der Waals surface area contributed by atoms with Crippen molar-refractivity contribution < 1.29 is 24.5 Å². The van der Waals surface area contributed by atoms with Gasteiger partial charge in [-0.05, 0) is 83.1 Å². The molecule has 0 radical (unpaired) electrons. The van der Waals surface area contributed by atoms with Gasteiger partial charge in [-0.15, -0.1) is 0 Å². The molecule has 0 aromatic heterocycles. The number of aliphatic hydroxyl groups is 1. The molecule has 0 aromatic rings. The number of carbonyl (C=O) groups excluding carboxylic acids is 1. The van der Waals surface area contributed by atoms with Crippen LogP contribution in [0.3, 0.4) is 0 Å². The van der Waals surface area contributed by atoms with E-state index >= 15 is 0 Å². The second-order valence-corrected chi connectivity index (χ2v) is 10.9. The van der Waals surface area contributed by atoms with E-state index in [9.17, 15) is 19.8 Å². The topological polar surface area (TPSA) is 83.8 Å². The highest BCUT2D eigenvalue weighted by Crippen LogP contribution is 2.74. The van der Waals surface area contributed by atoms with Crippen molar-refractivity contribution in [3.05, 3.63) is 23.8 Å². The Balaban J connectivity index is 1.80. The molecule has 4 saturated carbocycles. The second kappa shape index (κ2) is 6.69. The Kier molecular flexibility index (Phi) is 4.82. The summed E-state index contributed by atoms with van der Waals surface area (Å²) in [7, 11) is 0. The Bertz CT molecular complexity index is 829. The fourth-order valence-corrected chi connectivity index (χ4v) is 8.02. The Morgan fingerprint density at radius 2 is 1.87 bits per heavy atom. The second-order valence-electron chi connectivity index (χ2n) is 10.9. The smallest absolute Gasteiger partial charge is 0.333 e. The van der Waals surface area contributed by atoms with Crippen LogP contribution in [0, 0.1) is 28.1 Å². The zero-order chi connectivity index (χ0) is 22.1. The molecule has 0 aromatic carbocycles. The van der Waals surface area contributed by atoms with Gasteiger partial charge in [0.1, 0.15) is 6.10 Å². The predicted octanol–water partition coefficient (Wildman–Crippen LogP) is 4.64. The Hall–Kier alpha value is -1.62. The van der Waals surface area contributed by atoms with Crippen molar-refractivity contribution in [2.45, 2.75) is 90.8 Å². The molecule has 4 aliphatic rings. The van der Waals surface area contributed by atoms with Crippen molar-refractivity contribution in [3.63, 3.8) is 0 Å². The quantitative estimate of drug-likeness (QED) is 0.398. The summed E-state index contributed by atoms with van der Waals surface area (Å²) in [6.07, 6.45) is 7.12. The minimum absolute atomic E-state index is 0.0917. The third-order valence-corrected chi connectivity index (χ3v) is 9.87. The number of allylic oxidation sites excluding steroid dienone is 1. The highest BCUT2D eigenvalue weighted by molar-refractivity contribution is 5.88. The monoisotopic (exact) mass is 416 g/mol. The van der Waals surface area contributed by atoms with Crippen LogP contribution >= 0.6 is 0 Å². The Morgan fingerprint density at radius 3 is 2.50 bits per heavy atom. The van der Waals surface area contributed by atoms with Crippen LogP contribution in [0.15, 0.2) is 23.8 Å². The third-order valence-electron chi connectivity index (χ3n) is 9.87. The molecule has 2 bridgehead atoms. The number of esters is 1. The lowest BCUT2D eigenvalue weighted by molar-refractivity contribution is -0.278. The zero-order valence-electron chi connectivity index (χ0n) is 18.8. The number of hydrogen-bond donors (Lipinski definition) is 2. The van der Waals surface area contributed by atoms with Crippen molar-refractivity contribution in [2.24, 2.45) is 28.1 Å². The van der Waals surface area contributed by atoms with E-state index in [1.165, 1.54) is 0 Å². The first-order valence-electron chi connectivity index (χ1n) is 11.5. The predicted molar refractivity (Wildman–Crippen MR) is 114 cm³/mol. The molecule has 2 N–H and O–H groups in total. The van der Waals surface area contributed by atoms with E-state index in [0.29, 0.717) is 24.8 Å². The normalized spacial score (nSPS) is 48.0. The Labute approximate surface area is 179 Å². The van der Waals surface area contributed by atoms with Gasteiger partial charge in [0.25, 0.3) is 0 Å². The van der Waals surface area contributed by atoms with E-state index < -0.39 is 33.9 Å². The first-order chi connectivity index (χ1) is 14.0. The summed E-state index contributed by atoms with van der Waals surface area (Å²) in [6.45, 7) is 11.8. The van der Waals surface area contributed by atoms with Crippen LogP contribution in [0.25, 0.3) is 0 Å². The largest absolute Gasteiger partial charge is 0.481 e. The molecule has 5 heteroatoms. The summed E-state index contributed by atoms with van der Waals surface area (Å²) >= 11 is 0. The van der Waals surface area contributed by atoms with Gasteiger partial charge in [-0.2, -0.15) is 0 Å². The standard InChI is InChI=1S/C25H36O5/c1-6-15(2)20(26)30-19-16(3)17-8-13-25(29)23(5)11-7-10-22(4,21(27)28)18(23)9-12-24(19,25)14-17/h6,17-19,29H,3,7-14H2,1-2,4-5H3,(H,27,28)/b15-6+/t17-,18-,19+,22-,23-,24+,25-/m0/s1. The van der Waals surface area contributed by atoms with Crippen LogP contribution < -0.4 is 0 Å². The molecule has 1 spiro atoms. The van der Waals surface area contributed by atoms with Crippen molar-refractivity contribution in [1.82, 2.24) is 0 Å². The molecule has 166 valence electrons. The molecular weight excluding hydrogens is 380 g/mol.